The van der Waals surface area contributed by atoms with Crippen molar-refractivity contribution < 1.29 is 8.42 Å². The summed E-state index contributed by atoms with van der Waals surface area (Å²) in [5.41, 5.74) is 2.82. The van der Waals surface area contributed by atoms with Crippen LogP contribution in [0.25, 0.3) is 0 Å². The zero-order valence-corrected chi connectivity index (χ0v) is 8.94. The third-order valence-corrected chi connectivity index (χ3v) is 3.76. The molecule has 0 saturated heterocycles. The molecule has 5 heteroatoms. The molecule has 1 aromatic rings. The molecule has 0 amide bonds. The van der Waals surface area contributed by atoms with E-state index < -0.39 is 10.0 Å². The Morgan fingerprint density at radius 2 is 1.93 bits per heavy atom. The summed E-state index contributed by atoms with van der Waals surface area (Å²) in [5, 5.41) is 0. The topological polar surface area (TPSA) is 49.4 Å². The Morgan fingerprint density at radius 3 is 2.53 bits per heavy atom. The first-order chi connectivity index (χ1) is 7.21. The van der Waals surface area contributed by atoms with Crippen LogP contribution in [0.2, 0.25) is 0 Å². The highest BCUT2D eigenvalue weighted by Crippen LogP contribution is 2.14. The predicted octanol–water partition coefficient (Wildman–Crippen LogP) is 1.10. The van der Waals surface area contributed by atoms with Gasteiger partial charge in [-0.25, -0.2) is 9.84 Å². The van der Waals surface area contributed by atoms with Crippen molar-refractivity contribution in [3.63, 3.8) is 0 Å². The van der Waals surface area contributed by atoms with Gasteiger partial charge in [-0.1, -0.05) is 24.3 Å². The van der Waals surface area contributed by atoms with Gasteiger partial charge in [0.2, 0.25) is 0 Å². The maximum atomic E-state index is 12.0. The monoisotopic (exact) mass is 224 g/mol. The lowest BCUT2D eigenvalue weighted by molar-refractivity contribution is 0.388. The van der Waals surface area contributed by atoms with E-state index in [1.165, 1.54) is 0 Å². The first-order valence-corrected chi connectivity index (χ1v) is 6.15. The first-order valence-electron chi connectivity index (χ1n) is 4.71. The molecule has 1 N–H and O–H groups in total. The van der Waals surface area contributed by atoms with E-state index >= 15 is 0 Å². The molecule has 80 valence electrons. The molecule has 0 saturated carbocycles. The second kappa shape index (κ2) is 4.04. The lowest BCUT2D eigenvalue weighted by Gasteiger charge is -2.23. The molecule has 0 aliphatic carbocycles. The van der Waals surface area contributed by atoms with Gasteiger partial charge in [0.25, 0.3) is 10.0 Å². The fourth-order valence-corrected chi connectivity index (χ4v) is 2.59. The molecular weight excluding hydrogens is 212 g/mol. The summed E-state index contributed by atoms with van der Waals surface area (Å²) in [7, 11) is -3.43. The zero-order chi connectivity index (χ0) is 10.7. The number of sulfonamides is 1. The number of hydrogen-bond acceptors (Lipinski definition) is 3. The lowest BCUT2D eigenvalue weighted by atomic mass is 10.4. The van der Waals surface area contributed by atoms with Gasteiger partial charge in [0.05, 0.1) is 4.90 Å². The molecule has 0 atom stereocenters. The smallest absolute Gasteiger partial charge is 0.220 e. The van der Waals surface area contributed by atoms with E-state index in [0.717, 1.165) is 10.8 Å². The number of hydrazine groups is 1. The van der Waals surface area contributed by atoms with Gasteiger partial charge in [-0.3, -0.25) is 0 Å². The summed E-state index contributed by atoms with van der Waals surface area (Å²) in [4.78, 5) is 0.295. The largest absolute Gasteiger partial charge is 0.277 e. The Morgan fingerprint density at radius 1 is 1.20 bits per heavy atom. The Balaban J connectivity index is 2.35. The fraction of sp³-hybridized carbons (Fsp3) is 0.200. The average Bonchev–Trinajstić information content (AvgIpc) is 2.31. The Bertz CT molecular complexity index is 454. The molecule has 1 aliphatic rings. The predicted molar refractivity (Wildman–Crippen MR) is 57.2 cm³/mol. The fourth-order valence-electron chi connectivity index (χ4n) is 1.35. The first kappa shape index (κ1) is 10.2. The van der Waals surface area contributed by atoms with Crippen LogP contribution in [0.4, 0.5) is 0 Å². The van der Waals surface area contributed by atoms with Gasteiger partial charge in [-0.15, -0.1) is 0 Å². The Hall–Kier alpha value is -1.33. The third-order valence-electron chi connectivity index (χ3n) is 2.12. The van der Waals surface area contributed by atoms with Crippen molar-refractivity contribution in [2.45, 2.75) is 11.3 Å². The van der Waals surface area contributed by atoms with Gasteiger partial charge in [0.1, 0.15) is 0 Å². The highest BCUT2D eigenvalue weighted by molar-refractivity contribution is 7.89. The SMILES string of the molecule is O=S(=O)(c1ccccc1)N1C=CCCN1. The van der Waals surface area contributed by atoms with E-state index in [4.69, 9.17) is 0 Å². The maximum absolute atomic E-state index is 12.0. The summed E-state index contributed by atoms with van der Waals surface area (Å²) in [6.45, 7) is 0.641. The van der Waals surface area contributed by atoms with E-state index in [-0.39, 0.29) is 0 Å². The van der Waals surface area contributed by atoms with Gasteiger partial charge >= 0.3 is 0 Å². The number of benzene rings is 1. The van der Waals surface area contributed by atoms with Crippen LogP contribution in [-0.4, -0.2) is 19.4 Å². The maximum Gasteiger partial charge on any atom is 0.277 e. The number of rotatable bonds is 2. The van der Waals surface area contributed by atoms with Crippen LogP contribution in [0.5, 0.6) is 0 Å². The van der Waals surface area contributed by atoms with Crippen molar-refractivity contribution >= 4 is 10.0 Å². The van der Waals surface area contributed by atoms with Crippen LogP contribution in [-0.2, 0) is 10.0 Å². The van der Waals surface area contributed by atoms with E-state index in [1.807, 2.05) is 6.08 Å². The van der Waals surface area contributed by atoms with Crippen molar-refractivity contribution in [1.82, 2.24) is 9.84 Å². The van der Waals surface area contributed by atoms with Crippen LogP contribution in [0.1, 0.15) is 6.42 Å². The van der Waals surface area contributed by atoms with Gasteiger partial charge in [0.15, 0.2) is 0 Å². The highest BCUT2D eigenvalue weighted by atomic mass is 32.2. The van der Waals surface area contributed by atoms with Gasteiger partial charge in [-0.05, 0) is 18.6 Å². The van der Waals surface area contributed by atoms with Crippen molar-refractivity contribution in [3.8, 4) is 0 Å². The average molecular weight is 224 g/mol. The van der Waals surface area contributed by atoms with Crippen LogP contribution >= 0.6 is 0 Å². The van der Waals surface area contributed by atoms with E-state index in [9.17, 15) is 8.42 Å². The minimum absolute atomic E-state index is 0.295. The van der Waals surface area contributed by atoms with Crippen LogP contribution in [0.15, 0.2) is 47.5 Å². The van der Waals surface area contributed by atoms with E-state index in [0.29, 0.717) is 11.4 Å². The van der Waals surface area contributed by atoms with Crippen LogP contribution < -0.4 is 5.43 Å². The molecule has 0 aromatic heterocycles. The van der Waals surface area contributed by atoms with Gasteiger partial charge < -0.3 is 0 Å². The molecular formula is C10H12N2O2S. The molecule has 0 fully saturated rings. The summed E-state index contributed by atoms with van der Waals surface area (Å²) in [5.74, 6) is 0. The molecule has 1 heterocycles. The second-order valence-corrected chi connectivity index (χ2v) is 5.01. The standard InChI is InChI=1S/C10H12N2O2S/c13-15(14,10-6-2-1-3-7-10)12-9-5-4-8-11-12/h1-3,5-7,9,11H,4,8H2. The Labute approximate surface area is 89.2 Å². The summed E-state index contributed by atoms with van der Waals surface area (Å²) < 4.78 is 25.2. The quantitative estimate of drug-likeness (QED) is 0.818. The minimum atomic E-state index is -3.43. The molecule has 15 heavy (non-hydrogen) atoms. The van der Waals surface area contributed by atoms with Crippen LogP contribution in [0.3, 0.4) is 0 Å². The normalized spacial score (nSPS) is 16.7. The minimum Gasteiger partial charge on any atom is -0.220 e. The molecule has 0 bridgehead atoms. The molecule has 0 radical (unpaired) electrons. The molecule has 0 unspecified atom stereocenters. The van der Waals surface area contributed by atoms with Gasteiger partial charge in [-0.2, -0.15) is 8.42 Å². The van der Waals surface area contributed by atoms with Crippen LogP contribution in [0, 0.1) is 0 Å². The molecule has 1 aliphatic heterocycles. The summed E-state index contributed by atoms with van der Waals surface area (Å²) >= 11 is 0. The van der Waals surface area contributed by atoms with Gasteiger partial charge in [0, 0.05) is 12.7 Å². The summed E-state index contributed by atoms with van der Waals surface area (Å²) in [6.07, 6.45) is 4.23. The number of nitrogens with one attached hydrogen (secondary N) is 1. The number of hydrogen-bond donors (Lipinski definition) is 1. The van der Waals surface area contributed by atoms with Crippen molar-refractivity contribution in [2.24, 2.45) is 0 Å². The zero-order valence-electron chi connectivity index (χ0n) is 8.13. The highest BCUT2D eigenvalue weighted by Gasteiger charge is 2.21. The molecule has 0 spiro atoms. The third kappa shape index (κ3) is 2.03. The van der Waals surface area contributed by atoms with Crippen molar-refractivity contribution in [2.75, 3.05) is 6.54 Å². The molecule has 4 nitrogen and oxygen atoms in total. The van der Waals surface area contributed by atoms with Crippen molar-refractivity contribution in [3.05, 3.63) is 42.6 Å². The van der Waals surface area contributed by atoms with Crippen molar-refractivity contribution in [1.29, 1.82) is 0 Å². The number of nitrogens with zero attached hydrogens (tertiary/aromatic N) is 1. The molecule has 1 aromatic carbocycles. The lowest BCUT2D eigenvalue weighted by Crippen LogP contribution is -2.40. The van der Waals surface area contributed by atoms with E-state index in [1.54, 1.807) is 36.5 Å². The summed E-state index contributed by atoms with van der Waals surface area (Å²) in [6, 6.07) is 8.37. The second-order valence-electron chi connectivity index (χ2n) is 3.20. The Kier molecular flexibility index (Phi) is 2.75. The molecule has 2 rings (SSSR count). The van der Waals surface area contributed by atoms with E-state index in [2.05, 4.69) is 5.43 Å².